The summed E-state index contributed by atoms with van der Waals surface area (Å²) in [5, 5.41) is 3.18. The number of nitrogens with zero attached hydrogens (tertiary/aromatic N) is 1. The van der Waals surface area contributed by atoms with Crippen LogP contribution in [0.15, 0.2) is 42.5 Å². The molecule has 0 radical (unpaired) electrons. The number of ether oxygens (including phenoxy) is 2. The molecule has 0 bridgehead atoms. The number of halogens is 1. The molecule has 1 atom stereocenters. The largest absolute Gasteiger partial charge is 0.494 e. The number of fused-ring (bicyclic) bond motifs is 1. The number of amides is 1. The minimum atomic E-state index is -3.55. The van der Waals surface area contributed by atoms with Crippen LogP contribution in [-0.4, -0.2) is 39.8 Å². The van der Waals surface area contributed by atoms with E-state index in [9.17, 15) is 13.2 Å². The Morgan fingerprint density at radius 1 is 1.32 bits per heavy atom. The number of hydrogen-bond acceptors (Lipinski definition) is 5. The minimum Gasteiger partial charge on any atom is -0.494 e. The molecule has 28 heavy (non-hydrogen) atoms. The monoisotopic (exact) mass is 424 g/mol. The normalized spacial score (nSPS) is 16.5. The summed E-state index contributed by atoms with van der Waals surface area (Å²) in [6.45, 7) is 2.49. The molecule has 0 fully saturated rings. The second-order valence-electron chi connectivity index (χ2n) is 6.29. The van der Waals surface area contributed by atoms with Gasteiger partial charge in [-0.15, -0.1) is 0 Å². The van der Waals surface area contributed by atoms with Gasteiger partial charge < -0.3 is 14.8 Å². The van der Waals surface area contributed by atoms with Gasteiger partial charge in [-0.2, -0.15) is 0 Å². The molecule has 3 rings (SSSR count). The topological polar surface area (TPSA) is 84.9 Å². The number of carbonyl (C=O) groups excluding carboxylic acids is 1. The summed E-state index contributed by atoms with van der Waals surface area (Å²) in [4.78, 5) is 12.8. The van der Waals surface area contributed by atoms with Crippen LogP contribution < -0.4 is 19.1 Å². The van der Waals surface area contributed by atoms with Crippen LogP contribution in [0, 0.1) is 0 Å². The Morgan fingerprint density at radius 3 is 2.82 bits per heavy atom. The van der Waals surface area contributed by atoms with E-state index in [0.717, 1.165) is 6.26 Å². The SMILES string of the molecule is CCOc1cccc(NC(=O)[C@@H]2CCN(S(C)(=O)=O)c3cc(Cl)ccc3O2)c1. The number of carbonyl (C=O) groups is 1. The lowest BCUT2D eigenvalue weighted by atomic mass is 10.2. The van der Waals surface area contributed by atoms with Crippen molar-refractivity contribution in [2.75, 3.05) is 29.0 Å². The van der Waals surface area contributed by atoms with Gasteiger partial charge in [0.2, 0.25) is 10.0 Å². The van der Waals surface area contributed by atoms with Gasteiger partial charge in [-0.25, -0.2) is 8.42 Å². The van der Waals surface area contributed by atoms with Crippen molar-refractivity contribution >= 4 is 38.9 Å². The third kappa shape index (κ3) is 4.69. The molecule has 0 aliphatic carbocycles. The Balaban J connectivity index is 1.83. The average Bonchev–Trinajstić information content (AvgIpc) is 2.81. The van der Waals surface area contributed by atoms with Gasteiger partial charge in [0.1, 0.15) is 11.5 Å². The summed E-state index contributed by atoms with van der Waals surface area (Å²) >= 11 is 6.02. The lowest BCUT2D eigenvalue weighted by molar-refractivity contribution is -0.122. The van der Waals surface area contributed by atoms with Gasteiger partial charge in [0.15, 0.2) is 6.10 Å². The van der Waals surface area contributed by atoms with Gasteiger partial charge in [0.25, 0.3) is 5.91 Å². The first-order chi connectivity index (χ1) is 13.3. The van der Waals surface area contributed by atoms with Gasteiger partial charge in [-0.1, -0.05) is 17.7 Å². The molecule has 1 N–H and O–H groups in total. The van der Waals surface area contributed by atoms with Gasteiger partial charge in [-0.3, -0.25) is 9.10 Å². The molecule has 2 aromatic carbocycles. The summed E-state index contributed by atoms with van der Waals surface area (Å²) in [5.74, 6) is 0.561. The maximum atomic E-state index is 12.8. The molecule has 1 amide bonds. The summed E-state index contributed by atoms with van der Waals surface area (Å²) in [6, 6.07) is 11.7. The second kappa shape index (κ2) is 8.28. The molecule has 1 aliphatic rings. The number of benzene rings is 2. The van der Waals surface area contributed by atoms with Crippen LogP contribution in [0.2, 0.25) is 5.02 Å². The van der Waals surface area contributed by atoms with Crippen LogP contribution in [0.25, 0.3) is 0 Å². The first-order valence-electron chi connectivity index (χ1n) is 8.75. The van der Waals surface area contributed by atoms with Crippen molar-refractivity contribution in [1.82, 2.24) is 0 Å². The van der Waals surface area contributed by atoms with Crippen LogP contribution in [0.3, 0.4) is 0 Å². The predicted octanol–water partition coefficient (Wildman–Crippen LogP) is 3.29. The third-order valence-corrected chi connectivity index (χ3v) is 5.57. The van der Waals surface area contributed by atoms with Gasteiger partial charge >= 0.3 is 0 Å². The fourth-order valence-corrected chi connectivity index (χ4v) is 4.04. The van der Waals surface area contributed by atoms with E-state index in [4.69, 9.17) is 21.1 Å². The fraction of sp³-hybridized carbons (Fsp3) is 0.316. The highest BCUT2D eigenvalue weighted by Crippen LogP contribution is 2.36. The molecule has 0 unspecified atom stereocenters. The molecule has 0 aromatic heterocycles. The Kier molecular flexibility index (Phi) is 6.00. The quantitative estimate of drug-likeness (QED) is 0.796. The molecule has 7 nitrogen and oxygen atoms in total. The van der Waals surface area contributed by atoms with E-state index in [0.29, 0.717) is 28.8 Å². The van der Waals surface area contributed by atoms with Gasteiger partial charge in [0.05, 0.1) is 18.6 Å². The van der Waals surface area contributed by atoms with Crippen molar-refractivity contribution in [3.8, 4) is 11.5 Å². The van der Waals surface area contributed by atoms with Crippen LogP contribution >= 0.6 is 11.6 Å². The lowest BCUT2D eigenvalue weighted by Crippen LogP contribution is -2.35. The number of nitrogens with one attached hydrogen (secondary N) is 1. The van der Waals surface area contributed by atoms with E-state index in [1.54, 1.807) is 36.4 Å². The van der Waals surface area contributed by atoms with E-state index in [-0.39, 0.29) is 24.6 Å². The zero-order valence-corrected chi connectivity index (χ0v) is 17.1. The standard InChI is InChI=1S/C19H21ClN2O5S/c1-3-26-15-6-4-5-14(12-15)21-19(23)18-9-10-22(28(2,24)25)16-11-13(20)7-8-17(16)27-18/h4-8,11-12,18H,3,9-10H2,1-2H3,(H,21,23)/t18-/m0/s1. The molecule has 150 valence electrons. The Hall–Kier alpha value is -2.45. The Bertz CT molecular complexity index is 980. The molecule has 2 aromatic rings. The maximum absolute atomic E-state index is 12.8. The van der Waals surface area contributed by atoms with Crippen molar-refractivity contribution in [3.63, 3.8) is 0 Å². The number of anilines is 2. The predicted molar refractivity (Wildman–Crippen MR) is 109 cm³/mol. The highest BCUT2D eigenvalue weighted by molar-refractivity contribution is 7.92. The first-order valence-corrected chi connectivity index (χ1v) is 11.0. The summed E-state index contributed by atoms with van der Waals surface area (Å²) in [5.41, 5.74) is 0.892. The molecule has 0 spiro atoms. The maximum Gasteiger partial charge on any atom is 0.265 e. The van der Waals surface area contributed by atoms with Crippen molar-refractivity contribution in [1.29, 1.82) is 0 Å². The Morgan fingerprint density at radius 2 is 2.11 bits per heavy atom. The van der Waals surface area contributed by atoms with E-state index < -0.39 is 16.1 Å². The van der Waals surface area contributed by atoms with Gasteiger partial charge in [0, 0.05) is 29.7 Å². The van der Waals surface area contributed by atoms with Crippen LogP contribution in [0.4, 0.5) is 11.4 Å². The van der Waals surface area contributed by atoms with Crippen LogP contribution in [-0.2, 0) is 14.8 Å². The molecular weight excluding hydrogens is 404 g/mol. The summed E-state index contributed by atoms with van der Waals surface area (Å²) < 4.78 is 36.9. The van der Waals surface area contributed by atoms with E-state index >= 15 is 0 Å². The molecule has 0 saturated heterocycles. The highest BCUT2D eigenvalue weighted by Gasteiger charge is 2.31. The van der Waals surface area contributed by atoms with Crippen LogP contribution in [0.1, 0.15) is 13.3 Å². The lowest BCUT2D eigenvalue weighted by Gasteiger charge is -2.21. The van der Waals surface area contributed by atoms with E-state index in [2.05, 4.69) is 5.32 Å². The minimum absolute atomic E-state index is 0.100. The van der Waals surface area contributed by atoms with Gasteiger partial charge in [-0.05, 0) is 37.3 Å². The van der Waals surface area contributed by atoms with Crippen molar-refractivity contribution in [2.24, 2.45) is 0 Å². The second-order valence-corrected chi connectivity index (χ2v) is 8.64. The average molecular weight is 425 g/mol. The van der Waals surface area contributed by atoms with E-state index in [1.807, 2.05) is 6.92 Å². The molecule has 0 saturated carbocycles. The number of sulfonamides is 1. The van der Waals surface area contributed by atoms with Crippen LogP contribution in [0.5, 0.6) is 11.5 Å². The zero-order valence-electron chi connectivity index (χ0n) is 15.5. The summed E-state index contributed by atoms with van der Waals surface area (Å²) in [7, 11) is -3.55. The zero-order chi connectivity index (χ0) is 20.3. The molecular formula is C19H21ClN2O5S. The van der Waals surface area contributed by atoms with Crippen molar-refractivity contribution in [2.45, 2.75) is 19.4 Å². The Labute approximate surface area is 169 Å². The number of rotatable bonds is 5. The molecule has 1 heterocycles. The number of hydrogen-bond donors (Lipinski definition) is 1. The summed E-state index contributed by atoms with van der Waals surface area (Å²) in [6.07, 6.45) is 0.440. The van der Waals surface area contributed by atoms with Crippen molar-refractivity contribution < 1.29 is 22.7 Å². The van der Waals surface area contributed by atoms with Crippen molar-refractivity contribution in [3.05, 3.63) is 47.5 Å². The fourth-order valence-electron chi connectivity index (χ4n) is 2.93. The smallest absolute Gasteiger partial charge is 0.265 e. The first kappa shape index (κ1) is 20.3. The molecule has 1 aliphatic heterocycles. The third-order valence-electron chi connectivity index (χ3n) is 4.16. The molecule has 9 heteroatoms. The van der Waals surface area contributed by atoms with E-state index in [1.165, 1.54) is 10.4 Å². The highest BCUT2D eigenvalue weighted by atomic mass is 35.5.